The molecule has 1 aromatic heterocycles. The quantitative estimate of drug-likeness (QED) is 0.729. The van der Waals surface area contributed by atoms with Crippen LogP contribution >= 0.6 is 0 Å². The van der Waals surface area contributed by atoms with Gasteiger partial charge in [-0.15, -0.1) is 0 Å². The molecule has 0 atom stereocenters. The highest BCUT2D eigenvalue weighted by atomic mass is 16.5. The first kappa shape index (κ1) is 15.9. The fourth-order valence-electron chi connectivity index (χ4n) is 2.77. The maximum absolute atomic E-state index is 12.3. The molecule has 0 aliphatic carbocycles. The third kappa shape index (κ3) is 3.18. The van der Waals surface area contributed by atoms with Gasteiger partial charge in [0.1, 0.15) is 0 Å². The normalized spacial score (nSPS) is 11.2. The van der Waals surface area contributed by atoms with Crippen LogP contribution in [0.15, 0.2) is 54.7 Å². The van der Waals surface area contributed by atoms with Crippen molar-refractivity contribution in [3.05, 3.63) is 65.9 Å². The van der Waals surface area contributed by atoms with Gasteiger partial charge in [0, 0.05) is 30.6 Å². The van der Waals surface area contributed by atoms with Gasteiger partial charge in [-0.25, -0.2) is 0 Å². The van der Waals surface area contributed by atoms with Crippen molar-refractivity contribution in [2.45, 2.75) is 6.42 Å². The fourth-order valence-corrected chi connectivity index (χ4v) is 2.77. The summed E-state index contributed by atoms with van der Waals surface area (Å²) in [7, 11) is 3.49. The van der Waals surface area contributed by atoms with E-state index in [1.54, 1.807) is 30.4 Å². The van der Waals surface area contributed by atoms with Gasteiger partial charge in [0.25, 0.3) is 0 Å². The van der Waals surface area contributed by atoms with Gasteiger partial charge in [0.15, 0.2) is 17.3 Å². The maximum Gasteiger partial charge on any atom is 0.160 e. The summed E-state index contributed by atoms with van der Waals surface area (Å²) in [6, 6.07) is 13.1. The Hall–Kier alpha value is -3.01. The number of methoxy groups -OCH3 is 1. The molecule has 0 spiro atoms. The Balaban J connectivity index is 1.76. The first-order valence-electron chi connectivity index (χ1n) is 7.69. The minimum absolute atomic E-state index is 0.0154. The number of benzene rings is 2. The lowest BCUT2D eigenvalue weighted by atomic mass is 10.0. The summed E-state index contributed by atoms with van der Waals surface area (Å²) >= 11 is 0. The van der Waals surface area contributed by atoms with Crippen LogP contribution in [0.4, 0.5) is 0 Å². The van der Waals surface area contributed by atoms with Gasteiger partial charge in [-0.3, -0.25) is 4.79 Å². The number of hydrogen-bond donors (Lipinski definition) is 1. The van der Waals surface area contributed by atoms with Gasteiger partial charge < -0.3 is 14.4 Å². The molecule has 24 heavy (non-hydrogen) atoms. The highest BCUT2D eigenvalue weighted by Crippen LogP contribution is 2.26. The molecule has 0 unspecified atom stereocenters. The maximum atomic E-state index is 12.3. The number of fused-ring (bicyclic) bond motifs is 1. The van der Waals surface area contributed by atoms with Crippen LogP contribution in [0.3, 0.4) is 0 Å². The van der Waals surface area contributed by atoms with E-state index in [1.165, 1.54) is 7.11 Å². The molecule has 3 aromatic rings. The second-order valence-corrected chi connectivity index (χ2v) is 5.68. The molecule has 0 saturated carbocycles. The van der Waals surface area contributed by atoms with Gasteiger partial charge in [0.2, 0.25) is 0 Å². The van der Waals surface area contributed by atoms with Crippen molar-refractivity contribution in [1.82, 2.24) is 4.57 Å². The lowest BCUT2D eigenvalue weighted by Crippen LogP contribution is -1.99. The molecule has 4 nitrogen and oxygen atoms in total. The summed E-state index contributed by atoms with van der Waals surface area (Å²) in [4.78, 5) is 12.3. The topological polar surface area (TPSA) is 51.5 Å². The van der Waals surface area contributed by atoms with Crippen LogP contribution in [-0.2, 0) is 18.3 Å². The summed E-state index contributed by atoms with van der Waals surface area (Å²) < 4.78 is 7.05. The number of ether oxygens (including phenoxy) is 1. The largest absolute Gasteiger partial charge is 0.504 e. The summed E-state index contributed by atoms with van der Waals surface area (Å²) in [6.45, 7) is 0. The van der Waals surface area contributed by atoms with E-state index in [0.717, 1.165) is 22.0 Å². The van der Waals surface area contributed by atoms with Crippen molar-refractivity contribution in [3.63, 3.8) is 0 Å². The van der Waals surface area contributed by atoms with Crippen molar-refractivity contribution < 1.29 is 14.6 Å². The predicted molar refractivity (Wildman–Crippen MR) is 95.3 cm³/mol. The third-order valence-electron chi connectivity index (χ3n) is 4.05. The molecule has 1 heterocycles. The number of aryl methyl sites for hydroxylation is 1. The zero-order valence-corrected chi connectivity index (χ0v) is 13.7. The molecule has 0 amide bonds. The van der Waals surface area contributed by atoms with E-state index in [0.29, 0.717) is 12.2 Å². The Kier molecular flexibility index (Phi) is 4.38. The van der Waals surface area contributed by atoms with E-state index in [9.17, 15) is 9.90 Å². The van der Waals surface area contributed by atoms with Crippen molar-refractivity contribution >= 4 is 22.8 Å². The molecule has 0 bridgehead atoms. The minimum Gasteiger partial charge on any atom is -0.504 e. The highest BCUT2D eigenvalue weighted by molar-refractivity contribution is 5.97. The lowest BCUT2D eigenvalue weighted by Gasteiger charge is -2.04. The van der Waals surface area contributed by atoms with E-state index < -0.39 is 0 Å². The Labute approximate surface area is 140 Å². The van der Waals surface area contributed by atoms with Crippen LogP contribution in [0, 0.1) is 0 Å². The average Bonchev–Trinajstić information content (AvgIpc) is 2.96. The standard InChI is InChI=1S/C20H19NO3/c1-21-11-10-17-15(4-3-5-18(17)21)13-16(22)8-6-14-7-9-20(24-2)19(23)12-14/h3-12,23H,13H2,1-2H3/b8-6+. The first-order chi connectivity index (χ1) is 11.6. The average molecular weight is 321 g/mol. The number of ketones is 1. The highest BCUT2D eigenvalue weighted by Gasteiger charge is 2.07. The van der Waals surface area contributed by atoms with Crippen molar-refractivity contribution in [2.24, 2.45) is 7.05 Å². The van der Waals surface area contributed by atoms with E-state index in [4.69, 9.17) is 4.74 Å². The molecule has 0 aliphatic heterocycles. The molecule has 4 heteroatoms. The van der Waals surface area contributed by atoms with Gasteiger partial charge in [0.05, 0.1) is 7.11 Å². The summed E-state index contributed by atoms with van der Waals surface area (Å²) in [5.41, 5.74) is 2.88. The summed E-state index contributed by atoms with van der Waals surface area (Å²) in [6.07, 6.45) is 5.59. The van der Waals surface area contributed by atoms with Crippen molar-refractivity contribution in [1.29, 1.82) is 0 Å². The zero-order chi connectivity index (χ0) is 17.1. The molecule has 3 rings (SSSR count). The van der Waals surface area contributed by atoms with Crippen LogP contribution < -0.4 is 4.74 Å². The van der Waals surface area contributed by atoms with Gasteiger partial charge >= 0.3 is 0 Å². The van der Waals surface area contributed by atoms with Crippen molar-refractivity contribution in [3.8, 4) is 11.5 Å². The number of nitrogens with zero attached hydrogens (tertiary/aromatic N) is 1. The number of hydrogen-bond acceptors (Lipinski definition) is 3. The number of aromatic nitrogens is 1. The van der Waals surface area contributed by atoms with Gasteiger partial charge in [-0.05, 0) is 41.5 Å². The minimum atomic E-state index is 0.0154. The lowest BCUT2D eigenvalue weighted by molar-refractivity contribution is -0.113. The van der Waals surface area contributed by atoms with Crippen LogP contribution in [0.5, 0.6) is 11.5 Å². The molecular formula is C20H19NO3. The predicted octanol–water partition coefficient (Wildman–Crippen LogP) is 3.72. The van der Waals surface area contributed by atoms with Crippen LogP contribution in [0.2, 0.25) is 0 Å². The smallest absolute Gasteiger partial charge is 0.160 e. The number of aromatic hydroxyl groups is 1. The molecule has 2 aromatic carbocycles. The molecule has 1 N–H and O–H groups in total. The fraction of sp³-hybridized carbons (Fsp3) is 0.150. The molecule has 0 aliphatic rings. The number of phenols is 1. The third-order valence-corrected chi connectivity index (χ3v) is 4.05. The number of allylic oxidation sites excluding steroid dienone is 1. The summed E-state index contributed by atoms with van der Waals surface area (Å²) in [5.74, 6) is 0.483. The van der Waals surface area contributed by atoms with Gasteiger partial charge in [-0.2, -0.15) is 0 Å². The Morgan fingerprint density at radius 3 is 2.83 bits per heavy atom. The molecule has 122 valence electrons. The Morgan fingerprint density at radius 1 is 1.25 bits per heavy atom. The molecule has 0 fully saturated rings. The van der Waals surface area contributed by atoms with E-state index >= 15 is 0 Å². The summed E-state index contributed by atoms with van der Waals surface area (Å²) in [5, 5.41) is 10.9. The number of carbonyl (C=O) groups excluding carboxylic acids is 1. The SMILES string of the molecule is COc1ccc(/C=C/C(=O)Cc2cccc3c2ccn3C)cc1O. The van der Waals surface area contributed by atoms with Crippen LogP contribution in [-0.4, -0.2) is 22.6 Å². The van der Waals surface area contributed by atoms with Crippen LogP contribution in [0.1, 0.15) is 11.1 Å². The van der Waals surface area contributed by atoms with E-state index in [-0.39, 0.29) is 11.5 Å². The monoisotopic (exact) mass is 321 g/mol. The molecule has 0 radical (unpaired) electrons. The first-order valence-corrected chi connectivity index (χ1v) is 7.69. The Morgan fingerprint density at radius 2 is 2.08 bits per heavy atom. The zero-order valence-electron chi connectivity index (χ0n) is 13.7. The Bertz CT molecular complexity index is 922. The van der Waals surface area contributed by atoms with Crippen molar-refractivity contribution in [2.75, 3.05) is 7.11 Å². The van der Waals surface area contributed by atoms with Crippen LogP contribution in [0.25, 0.3) is 17.0 Å². The van der Waals surface area contributed by atoms with E-state index in [1.807, 2.05) is 42.1 Å². The van der Waals surface area contributed by atoms with Gasteiger partial charge in [-0.1, -0.05) is 24.3 Å². The van der Waals surface area contributed by atoms with E-state index in [2.05, 4.69) is 0 Å². The number of carbonyl (C=O) groups is 1. The second-order valence-electron chi connectivity index (χ2n) is 5.68. The molecular weight excluding hydrogens is 302 g/mol. The number of phenolic OH excluding ortho intramolecular Hbond substituents is 1. The molecule has 0 saturated heterocycles. The number of rotatable bonds is 5. The second kappa shape index (κ2) is 6.62.